The molecule has 5 nitrogen and oxygen atoms in total. The van der Waals surface area contributed by atoms with Crippen LogP contribution in [-0.2, 0) is 22.6 Å². The van der Waals surface area contributed by atoms with Crippen molar-refractivity contribution >= 4 is 50.1 Å². The number of nitrogens with zero attached hydrogens (tertiary/aromatic N) is 1. The zero-order valence-electron chi connectivity index (χ0n) is 21.2. The number of carbonyl (C=O) groups excluding carboxylic acids is 2. The number of hydrogen-bond donors (Lipinski definition) is 1. The molecule has 196 valence electrons. The zero-order valence-corrected chi connectivity index (χ0v) is 23.5. The molecule has 2 amide bonds. The highest BCUT2D eigenvalue weighted by molar-refractivity contribution is 9.10. The Morgan fingerprint density at radius 1 is 0.947 bits per heavy atom. The van der Waals surface area contributed by atoms with Gasteiger partial charge in [0.25, 0.3) is 5.91 Å². The van der Waals surface area contributed by atoms with Gasteiger partial charge in [-0.2, -0.15) is 0 Å². The number of fused-ring (bicyclic) bond motifs is 1. The van der Waals surface area contributed by atoms with Crippen molar-refractivity contribution in [2.24, 2.45) is 0 Å². The van der Waals surface area contributed by atoms with E-state index in [4.69, 9.17) is 16.3 Å². The molecule has 0 aliphatic heterocycles. The van der Waals surface area contributed by atoms with Crippen LogP contribution in [0.25, 0.3) is 10.8 Å². The van der Waals surface area contributed by atoms with Crippen LogP contribution in [0.15, 0.2) is 95.5 Å². The third-order valence-corrected chi connectivity index (χ3v) is 7.48. The highest BCUT2D eigenvalue weighted by Crippen LogP contribution is 2.33. The Kier molecular flexibility index (Phi) is 9.79. The van der Waals surface area contributed by atoms with E-state index in [9.17, 15) is 9.59 Å². The molecule has 0 saturated carbocycles. The second-order valence-corrected chi connectivity index (χ2v) is 10.2. The minimum atomic E-state index is -0.739. The molecule has 0 fully saturated rings. The van der Waals surface area contributed by atoms with Crippen molar-refractivity contribution in [3.63, 3.8) is 0 Å². The van der Waals surface area contributed by atoms with Crippen LogP contribution in [0.4, 0.5) is 0 Å². The molecule has 0 unspecified atom stereocenters. The van der Waals surface area contributed by atoms with Crippen molar-refractivity contribution in [2.45, 2.75) is 32.4 Å². The minimum Gasteiger partial charge on any atom is -0.483 e. The van der Waals surface area contributed by atoms with Gasteiger partial charge in [-0.25, -0.2) is 0 Å². The summed E-state index contributed by atoms with van der Waals surface area (Å²) in [6, 6.07) is 28.1. The number of benzene rings is 4. The van der Waals surface area contributed by atoms with Gasteiger partial charge in [0.1, 0.15) is 11.8 Å². The third kappa shape index (κ3) is 6.94. The molecule has 1 N–H and O–H groups in total. The lowest BCUT2D eigenvalue weighted by atomic mass is 10.0. The first-order chi connectivity index (χ1) is 18.5. The lowest BCUT2D eigenvalue weighted by Crippen LogP contribution is -2.51. The number of halogens is 2. The fraction of sp³-hybridized carbons (Fsp3) is 0.226. The minimum absolute atomic E-state index is 0.178. The molecule has 4 rings (SSSR count). The van der Waals surface area contributed by atoms with Crippen LogP contribution in [0.3, 0.4) is 0 Å². The summed E-state index contributed by atoms with van der Waals surface area (Å²) < 4.78 is 6.79. The average Bonchev–Trinajstić information content (AvgIpc) is 2.94. The molecule has 1 atom stereocenters. The number of nitrogens with one attached hydrogen (secondary N) is 1. The predicted molar refractivity (Wildman–Crippen MR) is 156 cm³/mol. The van der Waals surface area contributed by atoms with E-state index in [1.54, 1.807) is 11.0 Å². The number of amides is 2. The van der Waals surface area contributed by atoms with Crippen LogP contribution in [0, 0.1) is 0 Å². The number of rotatable bonds is 11. The fourth-order valence-electron chi connectivity index (χ4n) is 4.28. The Hall–Kier alpha value is -3.35. The molecule has 38 heavy (non-hydrogen) atoms. The normalized spacial score (nSPS) is 11.7. The van der Waals surface area contributed by atoms with Gasteiger partial charge >= 0.3 is 0 Å². The van der Waals surface area contributed by atoms with Crippen LogP contribution < -0.4 is 10.1 Å². The first-order valence-electron chi connectivity index (χ1n) is 12.6. The summed E-state index contributed by atoms with van der Waals surface area (Å²) >= 11 is 10.1. The van der Waals surface area contributed by atoms with Crippen LogP contribution in [0.5, 0.6) is 5.75 Å². The third-order valence-electron chi connectivity index (χ3n) is 6.30. The summed E-state index contributed by atoms with van der Waals surface area (Å²) in [5.74, 6) is 0.0466. The molecule has 0 spiro atoms. The maximum atomic E-state index is 13.8. The molecule has 0 aliphatic rings. The first-order valence-corrected chi connectivity index (χ1v) is 13.8. The predicted octanol–water partition coefficient (Wildman–Crippen LogP) is 6.80. The Labute approximate surface area is 236 Å². The Bertz CT molecular complexity index is 1400. The van der Waals surface area contributed by atoms with Crippen molar-refractivity contribution in [1.82, 2.24) is 10.2 Å². The van der Waals surface area contributed by atoms with Gasteiger partial charge in [0.15, 0.2) is 6.61 Å². The van der Waals surface area contributed by atoms with E-state index in [1.807, 2.05) is 91.9 Å². The molecule has 0 heterocycles. The van der Waals surface area contributed by atoms with Crippen LogP contribution in [-0.4, -0.2) is 35.9 Å². The van der Waals surface area contributed by atoms with Crippen LogP contribution >= 0.6 is 27.5 Å². The molecular weight excluding hydrogens is 564 g/mol. The summed E-state index contributed by atoms with van der Waals surface area (Å²) in [5, 5.41) is 5.57. The molecule has 0 aliphatic carbocycles. The second-order valence-electron chi connectivity index (χ2n) is 9.00. The highest BCUT2D eigenvalue weighted by atomic mass is 79.9. The highest BCUT2D eigenvalue weighted by Gasteiger charge is 2.31. The molecule has 4 aromatic rings. The molecule has 0 radical (unpaired) electrons. The van der Waals surface area contributed by atoms with Crippen molar-refractivity contribution in [3.8, 4) is 5.75 Å². The van der Waals surface area contributed by atoms with Gasteiger partial charge in [0.05, 0.1) is 4.47 Å². The topological polar surface area (TPSA) is 58.6 Å². The van der Waals surface area contributed by atoms with E-state index in [1.165, 1.54) is 0 Å². The van der Waals surface area contributed by atoms with E-state index in [-0.39, 0.29) is 25.0 Å². The molecule has 7 heteroatoms. The first kappa shape index (κ1) is 27.7. The molecular formula is C31H30BrClN2O3. The average molecular weight is 594 g/mol. The Morgan fingerprint density at radius 3 is 2.42 bits per heavy atom. The number of ether oxygens (including phenoxy) is 1. The number of carbonyl (C=O) groups is 2. The summed E-state index contributed by atoms with van der Waals surface area (Å²) in [5.41, 5.74) is 1.72. The second kappa shape index (κ2) is 13.4. The van der Waals surface area contributed by atoms with E-state index >= 15 is 0 Å². The van der Waals surface area contributed by atoms with Gasteiger partial charge in [-0.1, -0.05) is 97.4 Å². The Balaban J connectivity index is 1.64. The van der Waals surface area contributed by atoms with Crippen molar-refractivity contribution in [3.05, 3.63) is 112 Å². The van der Waals surface area contributed by atoms with Crippen LogP contribution in [0.1, 0.15) is 24.5 Å². The van der Waals surface area contributed by atoms with Crippen molar-refractivity contribution in [2.75, 3.05) is 13.2 Å². The van der Waals surface area contributed by atoms with E-state index in [0.717, 1.165) is 32.8 Å². The standard InChI is InChI=1S/C31H30BrClN2O3/c1-2-18-34-31(37)27(19-22-10-4-3-5-11-22)35(20-24-13-7-9-15-26(24)33)29(36)21-38-28-17-16-23-12-6-8-14-25(23)30(28)32/h3-17,27H,2,18-21H2,1H3,(H,34,37)/t27-/m0/s1. The molecule has 4 aromatic carbocycles. The quantitative estimate of drug-likeness (QED) is 0.208. The van der Waals surface area contributed by atoms with Crippen molar-refractivity contribution < 1.29 is 14.3 Å². The fourth-order valence-corrected chi connectivity index (χ4v) is 5.08. The summed E-state index contributed by atoms with van der Waals surface area (Å²) in [7, 11) is 0. The number of hydrogen-bond acceptors (Lipinski definition) is 3. The van der Waals surface area contributed by atoms with Gasteiger partial charge in [0, 0.05) is 24.5 Å². The van der Waals surface area contributed by atoms with Gasteiger partial charge < -0.3 is 15.0 Å². The van der Waals surface area contributed by atoms with Gasteiger partial charge in [-0.15, -0.1) is 0 Å². The van der Waals surface area contributed by atoms with Crippen LogP contribution in [0.2, 0.25) is 5.02 Å². The van der Waals surface area contributed by atoms with E-state index in [2.05, 4.69) is 21.2 Å². The van der Waals surface area contributed by atoms with E-state index < -0.39 is 6.04 Å². The van der Waals surface area contributed by atoms with Crippen molar-refractivity contribution in [1.29, 1.82) is 0 Å². The van der Waals surface area contributed by atoms with E-state index in [0.29, 0.717) is 23.7 Å². The SMILES string of the molecule is CCCNC(=O)[C@H](Cc1ccccc1)N(Cc1ccccc1Cl)C(=O)COc1ccc2ccccc2c1Br. The summed E-state index contributed by atoms with van der Waals surface area (Å²) in [6.07, 6.45) is 1.16. The van der Waals surface area contributed by atoms with Gasteiger partial charge in [-0.05, 0) is 56.4 Å². The molecule has 0 saturated heterocycles. The molecule has 0 bridgehead atoms. The molecule has 0 aromatic heterocycles. The largest absolute Gasteiger partial charge is 0.483 e. The smallest absolute Gasteiger partial charge is 0.261 e. The lowest BCUT2D eigenvalue weighted by Gasteiger charge is -2.31. The lowest BCUT2D eigenvalue weighted by molar-refractivity contribution is -0.142. The van der Waals surface area contributed by atoms with Gasteiger partial charge in [0.2, 0.25) is 5.91 Å². The maximum Gasteiger partial charge on any atom is 0.261 e. The monoisotopic (exact) mass is 592 g/mol. The Morgan fingerprint density at radius 2 is 1.66 bits per heavy atom. The zero-order chi connectivity index (χ0) is 26.9. The summed E-state index contributed by atoms with van der Waals surface area (Å²) in [6.45, 7) is 2.47. The maximum absolute atomic E-state index is 13.8. The van der Waals surface area contributed by atoms with Gasteiger partial charge in [-0.3, -0.25) is 9.59 Å². The summed E-state index contributed by atoms with van der Waals surface area (Å²) in [4.78, 5) is 28.8.